The molecule has 4 heterocycles. The molecule has 2 aromatic carbocycles. The molecule has 5 aromatic rings. The van der Waals surface area contributed by atoms with Gasteiger partial charge in [0.05, 0.1) is 45.1 Å². The molecule has 0 radical (unpaired) electrons. The second kappa shape index (κ2) is 12.6. The van der Waals surface area contributed by atoms with E-state index in [2.05, 4.69) is 62.7 Å². The largest absolute Gasteiger partial charge is 0.373 e. The zero-order chi connectivity index (χ0) is 31.7. The van der Waals surface area contributed by atoms with Crippen molar-refractivity contribution >= 4 is 51.2 Å². The van der Waals surface area contributed by atoms with E-state index in [-0.39, 0.29) is 16.6 Å². The van der Waals surface area contributed by atoms with Gasteiger partial charge in [0.25, 0.3) is 0 Å². The molecule has 1 aliphatic heterocycles. The molecule has 9 nitrogen and oxygen atoms in total. The number of likely N-dealkylation sites (tertiary alicyclic amines) is 1. The lowest BCUT2D eigenvalue weighted by Crippen LogP contribution is -2.46. The third kappa shape index (κ3) is 6.57. The molecule has 0 aliphatic carbocycles. The fourth-order valence-electron chi connectivity index (χ4n) is 5.72. The van der Waals surface area contributed by atoms with Gasteiger partial charge < -0.3 is 10.6 Å². The van der Waals surface area contributed by atoms with Gasteiger partial charge in [0.1, 0.15) is 17.6 Å². The summed E-state index contributed by atoms with van der Waals surface area (Å²) in [6.07, 6.45) is 8.97. The molecule has 1 fully saturated rings. The van der Waals surface area contributed by atoms with Crippen LogP contribution in [-0.4, -0.2) is 48.5 Å². The number of halogens is 3. The quantitative estimate of drug-likeness (QED) is 0.184. The van der Waals surface area contributed by atoms with Gasteiger partial charge in [0.15, 0.2) is 0 Å². The van der Waals surface area contributed by atoms with Crippen LogP contribution in [0.2, 0.25) is 10.0 Å². The summed E-state index contributed by atoms with van der Waals surface area (Å²) in [5, 5.41) is 26.8. The molecular formula is C33H32Cl2FN9. The van der Waals surface area contributed by atoms with Crippen molar-refractivity contribution in [3.8, 4) is 6.07 Å². The summed E-state index contributed by atoms with van der Waals surface area (Å²) in [5.41, 5.74) is 4.22. The molecule has 45 heavy (non-hydrogen) atoms. The number of piperidine rings is 1. The van der Waals surface area contributed by atoms with Crippen LogP contribution in [0.4, 0.5) is 21.5 Å². The Hall–Kier alpha value is -4.30. The van der Waals surface area contributed by atoms with E-state index in [0.717, 1.165) is 37.2 Å². The lowest BCUT2D eigenvalue weighted by atomic mass is 9.98. The van der Waals surface area contributed by atoms with E-state index in [1.807, 2.05) is 29.1 Å². The fraction of sp³-hybridized carbons (Fsp3) is 0.303. The normalized spacial score (nSPS) is 15.1. The first kappa shape index (κ1) is 30.7. The highest BCUT2D eigenvalue weighted by molar-refractivity contribution is 6.36. The Morgan fingerprint density at radius 1 is 1.04 bits per heavy atom. The highest BCUT2D eigenvalue weighted by Crippen LogP contribution is 2.37. The smallest absolute Gasteiger partial charge is 0.141 e. The molecule has 6 rings (SSSR count). The summed E-state index contributed by atoms with van der Waals surface area (Å²) in [5.74, 6) is -0.536. The lowest BCUT2D eigenvalue weighted by Gasteiger charge is -2.40. The van der Waals surface area contributed by atoms with Gasteiger partial charge in [-0.1, -0.05) is 34.5 Å². The first-order chi connectivity index (χ1) is 21.6. The van der Waals surface area contributed by atoms with Crippen molar-refractivity contribution in [2.75, 3.05) is 23.7 Å². The summed E-state index contributed by atoms with van der Waals surface area (Å²) < 4.78 is 15.8. The molecule has 0 amide bonds. The van der Waals surface area contributed by atoms with Crippen LogP contribution < -0.4 is 10.6 Å². The highest BCUT2D eigenvalue weighted by Gasteiger charge is 2.29. The Balaban J connectivity index is 1.35. The number of hydrogen-bond acceptors (Lipinski definition) is 8. The van der Waals surface area contributed by atoms with E-state index in [0.29, 0.717) is 38.6 Å². The number of hydrogen-bond donors (Lipinski definition) is 2. The summed E-state index contributed by atoms with van der Waals surface area (Å²) in [6.45, 7) is 8.75. The molecule has 0 saturated carbocycles. The summed E-state index contributed by atoms with van der Waals surface area (Å²) in [6, 6.07) is 13.8. The third-order valence-electron chi connectivity index (χ3n) is 8.17. The average Bonchev–Trinajstić information content (AvgIpc) is 3.52. The second-order valence-electron chi connectivity index (χ2n) is 12.1. The standard InChI is InChI=1S/C33H32Cl2FN9/c1-33(2,3)44-11-8-24(9-12-44)45-19-29(42-43-45)31(20-5-4-10-38-17-20)41-23-13-25-30(40-22-6-7-28(36)26(34)14-22)21(16-37)18-39-32(25)27(35)15-23/h4-7,10,13-15,17-19,24,31,41H,8-9,11-12H2,1-3H3,(H,39,40)/t31-/m0/s1. The van der Waals surface area contributed by atoms with Gasteiger partial charge in [0.2, 0.25) is 0 Å². The van der Waals surface area contributed by atoms with Crippen molar-refractivity contribution < 1.29 is 4.39 Å². The van der Waals surface area contributed by atoms with E-state index in [4.69, 9.17) is 23.2 Å². The number of pyridine rings is 2. The van der Waals surface area contributed by atoms with Gasteiger partial charge in [-0.05, 0) is 75.6 Å². The van der Waals surface area contributed by atoms with Gasteiger partial charge >= 0.3 is 0 Å². The van der Waals surface area contributed by atoms with Crippen LogP contribution in [0.5, 0.6) is 0 Å². The van der Waals surface area contributed by atoms with E-state index >= 15 is 0 Å². The SMILES string of the molecule is CC(C)(C)N1CCC(n2cc([C@@H](Nc3cc(Cl)c4ncc(C#N)c(Nc5ccc(F)c(Cl)c5)c4c3)c3cccnc3)nn2)CC1. The number of rotatable bonds is 7. The van der Waals surface area contributed by atoms with Crippen molar-refractivity contribution in [2.45, 2.75) is 51.2 Å². The molecule has 2 N–H and O–H groups in total. The molecule has 3 aromatic heterocycles. The van der Waals surface area contributed by atoms with Gasteiger partial charge in [-0.25, -0.2) is 9.07 Å². The van der Waals surface area contributed by atoms with Crippen molar-refractivity contribution in [3.63, 3.8) is 0 Å². The Morgan fingerprint density at radius 3 is 2.51 bits per heavy atom. The minimum atomic E-state index is -0.536. The zero-order valence-electron chi connectivity index (χ0n) is 25.1. The molecule has 1 saturated heterocycles. The number of anilines is 3. The summed E-state index contributed by atoms with van der Waals surface area (Å²) in [4.78, 5) is 11.3. The van der Waals surface area contributed by atoms with Gasteiger partial charge in [-0.15, -0.1) is 5.10 Å². The molecule has 0 spiro atoms. The zero-order valence-corrected chi connectivity index (χ0v) is 26.6. The minimum Gasteiger partial charge on any atom is -0.373 e. The van der Waals surface area contributed by atoms with Crippen molar-refractivity contribution in [2.24, 2.45) is 0 Å². The maximum atomic E-state index is 13.8. The number of nitrogens with one attached hydrogen (secondary N) is 2. The predicted octanol–water partition coefficient (Wildman–Crippen LogP) is 7.92. The summed E-state index contributed by atoms with van der Waals surface area (Å²) in [7, 11) is 0. The molecule has 1 aliphatic rings. The minimum absolute atomic E-state index is 0.0376. The van der Waals surface area contributed by atoms with Crippen LogP contribution in [0.1, 0.15) is 62.5 Å². The van der Waals surface area contributed by atoms with Crippen molar-refractivity contribution in [1.29, 1.82) is 5.26 Å². The van der Waals surface area contributed by atoms with Crippen LogP contribution in [-0.2, 0) is 0 Å². The van der Waals surface area contributed by atoms with Crippen molar-refractivity contribution in [3.05, 3.63) is 99.9 Å². The maximum absolute atomic E-state index is 13.8. The summed E-state index contributed by atoms with van der Waals surface area (Å²) >= 11 is 12.8. The first-order valence-electron chi connectivity index (χ1n) is 14.7. The number of benzene rings is 2. The topological polar surface area (TPSA) is 108 Å². The van der Waals surface area contributed by atoms with Crippen LogP contribution in [0.3, 0.4) is 0 Å². The second-order valence-corrected chi connectivity index (χ2v) is 13.0. The monoisotopic (exact) mass is 643 g/mol. The highest BCUT2D eigenvalue weighted by atomic mass is 35.5. The van der Waals surface area contributed by atoms with Gasteiger partial charge in [0, 0.05) is 54.0 Å². The lowest BCUT2D eigenvalue weighted by molar-refractivity contribution is 0.0866. The Labute approximate surface area is 271 Å². The maximum Gasteiger partial charge on any atom is 0.141 e. The fourth-order valence-corrected chi connectivity index (χ4v) is 6.17. The van der Waals surface area contributed by atoms with E-state index in [9.17, 15) is 9.65 Å². The molecular weight excluding hydrogens is 612 g/mol. The first-order valence-corrected chi connectivity index (χ1v) is 15.4. The number of aromatic nitrogens is 5. The Kier molecular flexibility index (Phi) is 8.60. The van der Waals surface area contributed by atoms with Crippen LogP contribution in [0.15, 0.2) is 67.3 Å². The average molecular weight is 645 g/mol. The number of nitrogens with zero attached hydrogens (tertiary/aromatic N) is 7. The van der Waals surface area contributed by atoms with E-state index in [1.54, 1.807) is 24.5 Å². The van der Waals surface area contributed by atoms with Gasteiger partial charge in [-0.2, -0.15) is 5.26 Å². The van der Waals surface area contributed by atoms with Crippen molar-refractivity contribution in [1.82, 2.24) is 29.9 Å². The number of nitriles is 1. The van der Waals surface area contributed by atoms with Gasteiger partial charge in [-0.3, -0.25) is 14.9 Å². The van der Waals surface area contributed by atoms with E-state index in [1.165, 1.54) is 18.3 Å². The van der Waals surface area contributed by atoms with Crippen LogP contribution in [0, 0.1) is 17.1 Å². The molecule has 1 atom stereocenters. The Morgan fingerprint density at radius 2 is 1.82 bits per heavy atom. The van der Waals surface area contributed by atoms with Crippen LogP contribution in [0.25, 0.3) is 10.9 Å². The number of fused-ring (bicyclic) bond motifs is 1. The van der Waals surface area contributed by atoms with E-state index < -0.39 is 11.9 Å². The third-order valence-corrected chi connectivity index (χ3v) is 8.75. The predicted molar refractivity (Wildman–Crippen MR) is 175 cm³/mol. The Bertz CT molecular complexity index is 1870. The molecule has 12 heteroatoms. The van der Waals surface area contributed by atoms with Crippen LogP contribution >= 0.6 is 23.2 Å². The molecule has 0 unspecified atom stereocenters. The molecule has 0 bridgehead atoms. The molecule has 230 valence electrons.